The van der Waals surface area contributed by atoms with Crippen molar-refractivity contribution >= 4 is 11.9 Å². The van der Waals surface area contributed by atoms with Gasteiger partial charge in [0.25, 0.3) is 0 Å². The molecule has 1 rings (SSSR count). The summed E-state index contributed by atoms with van der Waals surface area (Å²) in [5.74, 6) is -0.422. The lowest BCUT2D eigenvalue weighted by Crippen LogP contribution is -2.48. The van der Waals surface area contributed by atoms with Crippen LogP contribution in [0, 0.1) is 0 Å². The van der Waals surface area contributed by atoms with Crippen LogP contribution in [0.5, 0.6) is 0 Å². The van der Waals surface area contributed by atoms with Crippen molar-refractivity contribution in [1.29, 1.82) is 0 Å². The van der Waals surface area contributed by atoms with Gasteiger partial charge in [0.1, 0.15) is 0 Å². The Morgan fingerprint density at radius 1 is 1.69 bits per heavy atom. The first kappa shape index (κ1) is 12.7. The van der Waals surface area contributed by atoms with Crippen LogP contribution in [0.25, 0.3) is 0 Å². The monoisotopic (exact) mass is 226 g/mol. The maximum Gasteiger partial charge on any atom is 0.334 e. The summed E-state index contributed by atoms with van der Waals surface area (Å²) < 4.78 is 4.79. The number of carbonyl (C=O) groups is 2. The predicted octanol–water partition coefficient (Wildman–Crippen LogP) is -0.0261. The van der Waals surface area contributed by atoms with E-state index in [-0.39, 0.29) is 18.5 Å². The molecule has 1 aliphatic rings. The van der Waals surface area contributed by atoms with Crippen LogP contribution in [-0.2, 0) is 14.3 Å². The SMILES string of the molecule is C=C(CNC1CCCNC1=O)C(=O)OCC. The third-order valence-corrected chi connectivity index (χ3v) is 2.41. The van der Waals surface area contributed by atoms with Crippen molar-refractivity contribution in [2.24, 2.45) is 0 Å². The summed E-state index contributed by atoms with van der Waals surface area (Å²) in [6.07, 6.45) is 1.75. The van der Waals surface area contributed by atoms with Gasteiger partial charge in [0.05, 0.1) is 12.6 Å². The van der Waals surface area contributed by atoms with Gasteiger partial charge in [-0.2, -0.15) is 0 Å². The summed E-state index contributed by atoms with van der Waals surface area (Å²) in [5.41, 5.74) is 0.347. The molecule has 1 atom stereocenters. The summed E-state index contributed by atoms with van der Waals surface area (Å²) >= 11 is 0. The van der Waals surface area contributed by atoms with E-state index in [2.05, 4.69) is 17.2 Å². The van der Waals surface area contributed by atoms with Crippen LogP contribution < -0.4 is 10.6 Å². The van der Waals surface area contributed by atoms with Gasteiger partial charge in [-0.3, -0.25) is 4.79 Å². The minimum atomic E-state index is -0.411. The Labute approximate surface area is 95.2 Å². The van der Waals surface area contributed by atoms with Gasteiger partial charge in [-0.1, -0.05) is 6.58 Å². The number of ether oxygens (including phenoxy) is 1. The average molecular weight is 226 g/mol. The molecule has 5 nitrogen and oxygen atoms in total. The van der Waals surface area contributed by atoms with E-state index in [0.29, 0.717) is 12.2 Å². The molecule has 0 aliphatic carbocycles. The van der Waals surface area contributed by atoms with E-state index in [1.807, 2.05) is 0 Å². The molecule has 90 valence electrons. The van der Waals surface area contributed by atoms with Crippen LogP contribution in [-0.4, -0.2) is 37.6 Å². The zero-order valence-electron chi connectivity index (χ0n) is 9.54. The van der Waals surface area contributed by atoms with Crippen LogP contribution in [0.1, 0.15) is 19.8 Å². The molecule has 1 aliphatic heterocycles. The number of piperidine rings is 1. The lowest BCUT2D eigenvalue weighted by Gasteiger charge is -2.22. The molecule has 0 saturated carbocycles. The highest BCUT2D eigenvalue weighted by molar-refractivity contribution is 5.88. The van der Waals surface area contributed by atoms with E-state index in [0.717, 1.165) is 19.4 Å². The normalized spacial score (nSPS) is 20.1. The zero-order chi connectivity index (χ0) is 12.0. The molecule has 1 amide bonds. The van der Waals surface area contributed by atoms with Crippen LogP contribution in [0.2, 0.25) is 0 Å². The highest BCUT2D eigenvalue weighted by atomic mass is 16.5. The number of nitrogens with one attached hydrogen (secondary N) is 2. The fraction of sp³-hybridized carbons (Fsp3) is 0.636. The maximum atomic E-state index is 11.4. The Bertz CT molecular complexity index is 289. The van der Waals surface area contributed by atoms with Gasteiger partial charge >= 0.3 is 5.97 Å². The van der Waals surface area contributed by atoms with Crippen molar-refractivity contribution in [1.82, 2.24) is 10.6 Å². The van der Waals surface area contributed by atoms with Crippen LogP contribution in [0.4, 0.5) is 0 Å². The van der Waals surface area contributed by atoms with Crippen molar-refractivity contribution in [2.75, 3.05) is 19.7 Å². The lowest BCUT2D eigenvalue weighted by atomic mass is 10.1. The number of esters is 1. The third kappa shape index (κ3) is 3.66. The van der Waals surface area contributed by atoms with Crippen molar-refractivity contribution in [3.8, 4) is 0 Å². The minimum Gasteiger partial charge on any atom is -0.463 e. The molecule has 1 fully saturated rings. The summed E-state index contributed by atoms with van der Waals surface area (Å²) in [4.78, 5) is 22.6. The second kappa shape index (κ2) is 6.27. The first-order valence-corrected chi connectivity index (χ1v) is 5.51. The lowest BCUT2D eigenvalue weighted by molar-refractivity contribution is -0.138. The van der Waals surface area contributed by atoms with Crippen LogP contribution in [0.15, 0.2) is 12.2 Å². The van der Waals surface area contributed by atoms with E-state index >= 15 is 0 Å². The smallest absolute Gasteiger partial charge is 0.334 e. The topological polar surface area (TPSA) is 67.4 Å². The quantitative estimate of drug-likeness (QED) is 0.510. The fourth-order valence-corrected chi connectivity index (χ4v) is 1.52. The third-order valence-electron chi connectivity index (χ3n) is 2.41. The maximum absolute atomic E-state index is 11.4. The molecule has 1 saturated heterocycles. The Morgan fingerprint density at radius 3 is 3.06 bits per heavy atom. The van der Waals surface area contributed by atoms with E-state index in [9.17, 15) is 9.59 Å². The van der Waals surface area contributed by atoms with Crippen LogP contribution in [0.3, 0.4) is 0 Å². The van der Waals surface area contributed by atoms with Crippen molar-refractivity contribution in [2.45, 2.75) is 25.8 Å². The van der Waals surface area contributed by atoms with Crippen molar-refractivity contribution in [3.05, 3.63) is 12.2 Å². The molecule has 0 aromatic rings. The average Bonchev–Trinajstić information content (AvgIpc) is 2.28. The first-order valence-electron chi connectivity index (χ1n) is 5.51. The minimum absolute atomic E-state index is 0.0112. The van der Waals surface area contributed by atoms with Gasteiger partial charge in [-0.15, -0.1) is 0 Å². The van der Waals surface area contributed by atoms with Gasteiger partial charge in [0, 0.05) is 18.7 Å². The summed E-state index contributed by atoms with van der Waals surface area (Å²) in [6, 6.07) is -0.222. The first-order chi connectivity index (χ1) is 7.65. The second-order valence-electron chi connectivity index (χ2n) is 3.69. The number of hydrogen-bond donors (Lipinski definition) is 2. The van der Waals surface area contributed by atoms with Gasteiger partial charge < -0.3 is 15.4 Å². The summed E-state index contributed by atoms with van der Waals surface area (Å²) in [5, 5.41) is 5.76. The van der Waals surface area contributed by atoms with Gasteiger partial charge in [0.2, 0.25) is 5.91 Å². The highest BCUT2D eigenvalue weighted by Gasteiger charge is 2.21. The standard InChI is InChI=1S/C11H18N2O3/c1-3-16-11(15)8(2)7-13-9-5-4-6-12-10(9)14/h9,13H,2-7H2,1H3,(H,12,14). The molecule has 0 bridgehead atoms. The Hall–Kier alpha value is -1.36. The molecule has 0 radical (unpaired) electrons. The molecular weight excluding hydrogens is 208 g/mol. The number of hydrogen-bond acceptors (Lipinski definition) is 4. The van der Waals surface area contributed by atoms with Gasteiger partial charge in [-0.05, 0) is 19.8 Å². The molecule has 5 heteroatoms. The van der Waals surface area contributed by atoms with Crippen molar-refractivity contribution in [3.63, 3.8) is 0 Å². The largest absolute Gasteiger partial charge is 0.463 e. The van der Waals surface area contributed by atoms with Crippen molar-refractivity contribution < 1.29 is 14.3 Å². The number of carbonyl (C=O) groups excluding carboxylic acids is 2. The van der Waals surface area contributed by atoms with E-state index in [1.165, 1.54) is 0 Å². The molecule has 0 aromatic carbocycles. The molecule has 0 aromatic heterocycles. The van der Waals surface area contributed by atoms with Gasteiger partial charge in [-0.25, -0.2) is 4.79 Å². The summed E-state index contributed by atoms with van der Waals surface area (Å²) in [6.45, 7) is 6.71. The Kier molecular flexibility index (Phi) is 4.98. The molecule has 0 spiro atoms. The molecule has 2 N–H and O–H groups in total. The highest BCUT2D eigenvalue weighted by Crippen LogP contribution is 2.03. The van der Waals surface area contributed by atoms with E-state index in [1.54, 1.807) is 6.92 Å². The molecule has 1 unspecified atom stereocenters. The molecular formula is C11H18N2O3. The summed E-state index contributed by atoms with van der Waals surface area (Å²) in [7, 11) is 0. The Morgan fingerprint density at radius 2 is 2.44 bits per heavy atom. The Balaban J connectivity index is 2.30. The van der Waals surface area contributed by atoms with E-state index in [4.69, 9.17) is 4.74 Å². The van der Waals surface area contributed by atoms with Crippen LogP contribution >= 0.6 is 0 Å². The van der Waals surface area contributed by atoms with E-state index < -0.39 is 5.97 Å². The number of rotatable bonds is 5. The second-order valence-corrected chi connectivity index (χ2v) is 3.69. The predicted molar refractivity (Wildman–Crippen MR) is 59.8 cm³/mol. The molecule has 16 heavy (non-hydrogen) atoms. The molecule has 1 heterocycles. The fourth-order valence-electron chi connectivity index (χ4n) is 1.52. The number of amides is 1. The zero-order valence-corrected chi connectivity index (χ0v) is 9.54. The van der Waals surface area contributed by atoms with Gasteiger partial charge in [0.15, 0.2) is 0 Å².